The van der Waals surface area contributed by atoms with Crippen LogP contribution in [-0.4, -0.2) is 52.3 Å². The van der Waals surface area contributed by atoms with Crippen molar-refractivity contribution in [3.05, 3.63) is 0 Å². The second kappa shape index (κ2) is 6.75. The lowest BCUT2D eigenvalue weighted by atomic mass is 10.0. The highest BCUT2D eigenvalue weighted by Gasteiger charge is 2.31. The molecule has 3 atom stereocenters. The van der Waals surface area contributed by atoms with Gasteiger partial charge in [-0.3, -0.25) is 0 Å². The van der Waals surface area contributed by atoms with Crippen LogP contribution >= 0.6 is 0 Å². The number of carbonyl (C=O) groups excluding carboxylic acids is 1. The van der Waals surface area contributed by atoms with Crippen molar-refractivity contribution in [3.8, 4) is 0 Å². The monoisotopic (exact) mass is 272 g/mol. The van der Waals surface area contributed by atoms with Crippen LogP contribution in [-0.2, 0) is 4.79 Å². The van der Waals surface area contributed by atoms with Crippen LogP contribution in [0.25, 0.3) is 0 Å². The van der Waals surface area contributed by atoms with Gasteiger partial charge in [0.05, 0.1) is 6.10 Å². The van der Waals surface area contributed by atoms with Crippen molar-refractivity contribution in [2.24, 2.45) is 11.8 Å². The van der Waals surface area contributed by atoms with E-state index in [1.807, 2.05) is 13.8 Å². The Morgan fingerprint density at radius 1 is 1.37 bits per heavy atom. The van der Waals surface area contributed by atoms with E-state index in [2.05, 4.69) is 5.32 Å². The number of aliphatic hydroxyl groups excluding tert-OH is 1. The number of rotatable bonds is 5. The Bertz CT molecular complexity index is 331. The molecule has 0 bridgehead atoms. The lowest BCUT2D eigenvalue weighted by Crippen LogP contribution is -2.48. The van der Waals surface area contributed by atoms with E-state index in [1.54, 1.807) is 11.8 Å². The number of carbonyl (C=O) groups is 2. The molecule has 1 aliphatic heterocycles. The lowest BCUT2D eigenvalue weighted by Gasteiger charge is -2.22. The maximum Gasteiger partial charge on any atom is 0.326 e. The first-order valence-electron chi connectivity index (χ1n) is 6.77. The summed E-state index contributed by atoms with van der Waals surface area (Å²) in [6, 6.07) is -1.20. The first-order chi connectivity index (χ1) is 8.81. The van der Waals surface area contributed by atoms with Crippen molar-refractivity contribution in [2.75, 3.05) is 13.1 Å². The molecule has 0 aliphatic carbocycles. The zero-order valence-corrected chi connectivity index (χ0v) is 11.8. The predicted octanol–water partition coefficient (Wildman–Crippen LogP) is 0.898. The molecule has 1 aliphatic rings. The Kier molecular flexibility index (Phi) is 5.60. The van der Waals surface area contributed by atoms with Gasteiger partial charge >= 0.3 is 12.0 Å². The fourth-order valence-corrected chi connectivity index (χ4v) is 2.30. The van der Waals surface area contributed by atoms with Gasteiger partial charge in [0, 0.05) is 19.0 Å². The summed E-state index contributed by atoms with van der Waals surface area (Å²) >= 11 is 0. The van der Waals surface area contributed by atoms with Crippen LogP contribution in [0.5, 0.6) is 0 Å². The normalized spacial score (nSPS) is 22.4. The van der Waals surface area contributed by atoms with Crippen LogP contribution in [0.1, 0.15) is 33.6 Å². The van der Waals surface area contributed by atoms with Crippen molar-refractivity contribution in [2.45, 2.75) is 45.8 Å². The summed E-state index contributed by atoms with van der Waals surface area (Å²) in [6.45, 7) is 6.60. The molecule has 1 heterocycles. The molecule has 0 aromatic rings. The van der Waals surface area contributed by atoms with Gasteiger partial charge in [-0.25, -0.2) is 9.59 Å². The molecule has 0 saturated carbocycles. The molecule has 0 radical (unpaired) electrons. The topological polar surface area (TPSA) is 89.9 Å². The van der Waals surface area contributed by atoms with Gasteiger partial charge in [0.1, 0.15) is 6.04 Å². The van der Waals surface area contributed by atoms with Crippen molar-refractivity contribution in [3.63, 3.8) is 0 Å². The molecular formula is C13H24N2O4. The van der Waals surface area contributed by atoms with Crippen LogP contribution in [0.2, 0.25) is 0 Å². The molecule has 0 spiro atoms. The quantitative estimate of drug-likeness (QED) is 0.693. The highest BCUT2D eigenvalue weighted by Crippen LogP contribution is 2.19. The third kappa shape index (κ3) is 4.70. The Balaban J connectivity index is 2.51. The number of carboxylic acids is 1. The van der Waals surface area contributed by atoms with Crippen LogP contribution in [0.4, 0.5) is 4.79 Å². The van der Waals surface area contributed by atoms with Crippen molar-refractivity contribution < 1.29 is 19.8 Å². The number of hydrogen-bond acceptors (Lipinski definition) is 3. The Morgan fingerprint density at radius 3 is 2.42 bits per heavy atom. The molecule has 6 heteroatoms. The molecule has 1 rings (SSSR count). The summed E-state index contributed by atoms with van der Waals surface area (Å²) in [5, 5.41) is 21.1. The number of nitrogens with one attached hydrogen (secondary N) is 1. The molecule has 1 saturated heterocycles. The largest absolute Gasteiger partial charge is 0.480 e. The average molecular weight is 272 g/mol. The fourth-order valence-electron chi connectivity index (χ4n) is 2.30. The number of carboxylic acid groups (broad SMARTS) is 1. The molecule has 110 valence electrons. The minimum atomic E-state index is -1.01. The van der Waals surface area contributed by atoms with E-state index in [1.165, 1.54) is 0 Å². The van der Waals surface area contributed by atoms with E-state index < -0.39 is 18.1 Å². The third-order valence-electron chi connectivity index (χ3n) is 3.50. The zero-order valence-electron chi connectivity index (χ0n) is 11.8. The van der Waals surface area contributed by atoms with Crippen LogP contribution < -0.4 is 5.32 Å². The number of aliphatic hydroxyl groups is 1. The minimum Gasteiger partial charge on any atom is -0.480 e. The molecule has 2 amide bonds. The predicted molar refractivity (Wildman–Crippen MR) is 70.8 cm³/mol. The van der Waals surface area contributed by atoms with Gasteiger partial charge in [0.2, 0.25) is 0 Å². The number of nitrogens with zero attached hydrogens (tertiary/aromatic N) is 1. The maximum atomic E-state index is 12.0. The second-order valence-electron chi connectivity index (χ2n) is 5.71. The minimum absolute atomic E-state index is 0.0825. The first-order valence-corrected chi connectivity index (χ1v) is 6.77. The number of hydrogen-bond donors (Lipinski definition) is 3. The highest BCUT2D eigenvalue weighted by atomic mass is 16.4. The summed E-state index contributed by atoms with van der Waals surface area (Å²) in [6.07, 6.45) is 0.727. The third-order valence-corrected chi connectivity index (χ3v) is 3.50. The van der Waals surface area contributed by atoms with E-state index in [9.17, 15) is 14.7 Å². The number of aliphatic carboxylic acids is 1. The maximum absolute atomic E-state index is 12.0. The summed E-state index contributed by atoms with van der Waals surface area (Å²) < 4.78 is 0. The van der Waals surface area contributed by atoms with Crippen LogP contribution in [0.15, 0.2) is 0 Å². The Labute approximate surface area is 113 Å². The lowest BCUT2D eigenvalue weighted by molar-refractivity contribution is -0.139. The summed E-state index contributed by atoms with van der Waals surface area (Å²) in [4.78, 5) is 24.6. The van der Waals surface area contributed by atoms with E-state index in [-0.39, 0.29) is 17.9 Å². The molecule has 19 heavy (non-hydrogen) atoms. The van der Waals surface area contributed by atoms with E-state index >= 15 is 0 Å². The van der Waals surface area contributed by atoms with Gasteiger partial charge in [-0.1, -0.05) is 13.8 Å². The summed E-state index contributed by atoms with van der Waals surface area (Å²) in [5.74, 6) is -0.724. The SMILES string of the molecule is CC(C)C[C@@H](NC(=O)N1CCC(C(C)O)C1)C(=O)O. The number of likely N-dealkylation sites (tertiary alicyclic amines) is 1. The molecule has 1 fully saturated rings. The Hall–Kier alpha value is -1.30. The smallest absolute Gasteiger partial charge is 0.326 e. The van der Waals surface area contributed by atoms with Gasteiger partial charge in [0.15, 0.2) is 0 Å². The van der Waals surface area contributed by atoms with Crippen molar-refractivity contribution in [1.29, 1.82) is 0 Å². The molecular weight excluding hydrogens is 248 g/mol. The zero-order chi connectivity index (χ0) is 14.6. The van der Waals surface area contributed by atoms with E-state index in [0.717, 1.165) is 6.42 Å². The van der Waals surface area contributed by atoms with Gasteiger partial charge in [-0.05, 0) is 25.7 Å². The molecule has 3 N–H and O–H groups in total. The first kappa shape index (κ1) is 15.8. The van der Waals surface area contributed by atoms with Gasteiger partial charge in [-0.2, -0.15) is 0 Å². The second-order valence-corrected chi connectivity index (χ2v) is 5.71. The van der Waals surface area contributed by atoms with Crippen molar-refractivity contribution in [1.82, 2.24) is 10.2 Å². The van der Waals surface area contributed by atoms with Crippen LogP contribution in [0, 0.1) is 11.8 Å². The fraction of sp³-hybridized carbons (Fsp3) is 0.846. The van der Waals surface area contributed by atoms with Crippen LogP contribution in [0.3, 0.4) is 0 Å². The van der Waals surface area contributed by atoms with E-state index in [4.69, 9.17) is 5.11 Å². The van der Waals surface area contributed by atoms with Gasteiger partial charge < -0.3 is 20.4 Å². The van der Waals surface area contributed by atoms with E-state index in [0.29, 0.717) is 19.5 Å². The molecule has 0 aromatic heterocycles. The summed E-state index contributed by atoms with van der Waals surface area (Å²) in [5.41, 5.74) is 0. The number of amides is 2. The van der Waals surface area contributed by atoms with Crippen molar-refractivity contribution >= 4 is 12.0 Å². The average Bonchev–Trinajstić information content (AvgIpc) is 2.76. The molecule has 6 nitrogen and oxygen atoms in total. The highest BCUT2D eigenvalue weighted by molar-refractivity contribution is 5.82. The molecule has 2 unspecified atom stereocenters. The molecule has 0 aromatic carbocycles. The summed E-state index contributed by atoms with van der Waals surface area (Å²) in [7, 11) is 0. The Morgan fingerprint density at radius 2 is 2.00 bits per heavy atom. The van der Waals surface area contributed by atoms with Gasteiger partial charge in [-0.15, -0.1) is 0 Å². The number of urea groups is 1. The van der Waals surface area contributed by atoms with Gasteiger partial charge in [0.25, 0.3) is 0 Å². The standard InChI is InChI=1S/C13H24N2O4/c1-8(2)6-11(12(17)18)14-13(19)15-5-4-10(7-15)9(3)16/h8-11,16H,4-7H2,1-3H3,(H,14,19)(H,17,18)/t9?,10?,11-/m1/s1.